The van der Waals surface area contributed by atoms with E-state index in [1.54, 1.807) is 57.2 Å². The predicted molar refractivity (Wildman–Crippen MR) is 121 cm³/mol. The number of ether oxygens (including phenoxy) is 1. The van der Waals surface area contributed by atoms with E-state index in [0.717, 1.165) is 21.3 Å². The molecule has 0 bridgehead atoms. The van der Waals surface area contributed by atoms with E-state index in [2.05, 4.69) is 9.98 Å². The number of nitrogens with zero attached hydrogens (tertiary/aromatic N) is 3. The largest absolute Gasteiger partial charge is 0.442 e. The van der Waals surface area contributed by atoms with Gasteiger partial charge in [0.05, 0.1) is 16.6 Å². The van der Waals surface area contributed by atoms with Crippen molar-refractivity contribution in [1.82, 2.24) is 9.71 Å². The number of hydrogen-bond donors (Lipinski definition) is 2. The number of amides is 1. The first-order valence-electron chi connectivity index (χ1n) is 9.52. The Morgan fingerprint density at radius 2 is 1.84 bits per heavy atom. The Kier molecular flexibility index (Phi) is 6.46. The highest BCUT2D eigenvalue weighted by Crippen LogP contribution is 2.20. The van der Waals surface area contributed by atoms with Crippen LogP contribution < -0.4 is 11.1 Å². The first-order valence-corrected chi connectivity index (χ1v) is 9.90. The molecule has 8 heteroatoms. The molecule has 1 aromatic carbocycles. The first kappa shape index (κ1) is 22.1. The van der Waals surface area contributed by atoms with E-state index in [0.29, 0.717) is 21.8 Å². The van der Waals surface area contributed by atoms with Crippen LogP contribution in [0.1, 0.15) is 20.8 Å². The van der Waals surface area contributed by atoms with Gasteiger partial charge in [-0.3, -0.25) is 0 Å². The first-order chi connectivity index (χ1) is 14.6. The number of anilines is 1. The van der Waals surface area contributed by atoms with Gasteiger partial charge in [-0.2, -0.15) is 9.72 Å². The Hall–Kier alpha value is -3.58. The van der Waals surface area contributed by atoms with Gasteiger partial charge in [0, 0.05) is 22.8 Å². The van der Waals surface area contributed by atoms with Gasteiger partial charge >= 0.3 is 6.09 Å². The molecule has 1 aliphatic heterocycles. The summed E-state index contributed by atoms with van der Waals surface area (Å²) in [5.74, 6) is 0. The topological polar surface area (TPSA) is 103 Å². The lowest BCUT2D eigenvalue weighted by molar-refractivity contribution is 0.0597. The van der Waals surface area contributed by atoms with Crippen molar-refractivity contribution in [2.75, 3.05) is 5.73 Å². The molecule has 0 radical (unpaired) electrons. The third-order valence-electron chi connectivity index (χ3n) is 4.13. The number of pyridine rings is 2. The van der Waals surface area contributed by atoms with Crippen LogP contribution >= 0.6 is 11.6 Å². The molecule has 0 unspecified atom stereocenters. The lowest BCUT2D eigenvalue weighted by atomic mass is 10.1. The highest BCUT2D eigenvalue weighted by atomic mass is 35.5. The Bertz CT molecular complexity index is 1260. The second kappa shape index (κ2) is 9.06. The van der Waals surface area contributed by atoms with Crippen LogP contribution in [0.25, 0.3) is 22.2 Å². The van der Waals surface area contributed by atoms with E-state index in [9.17, 15) is 10.0 Å². The van der Waals surface area contributed by atoms with Crippen molar-refractivity contribution in [2.45, 2.75) is 26.4 Å². The van der Waals surface area contributed by atoms with Crippen molar-refractivity contribution in [3.05, 3.63) is 77.4 Å². The zero-order chi connectivity index (χ0) is 22.6. The molecule has 2 heterocycles. The third-order valence-corrected chi connectivity index (χ3v) is 4.34. The summed E-state index contributed by atoms with van der Waals surface area (Å²) in [4.78, 5) is 19.7. The van der Waals surface area contributed by atoms with Crippen molar-refractivity contribution < 1.29 is 14.7 Å². The van der Waals surface area contributed by atoms with Crippen LogP contribution in [0.2, 0.25) is 5.15 Å². The molecule has 4 rings (SSSR count). The van der Waals surface area contributed by atoms with Crippen LogP contribution in [-0.2, 0) is 4.74 Å². The molecule has 0 atom stereocenters. The Morgan fingerprint density at radius 3 is 2.58 bits per heavy atom. The quantitative estimate of drug-likeness (QED) is 0.225. The summed E-state index contributed by atoms with van der Waals surface area (Å²) in [6.07, 6.45) is 0.868. The van der Waals surface area contributed by atoms with Gasteiger partial charge in [-0.1, -0.05) is 23.7 Å². The third kappa shape index (κ3) is 5.73. The molecule has 2 aromatic rings. The second-order valence-corrected chi connectivity index (χ2v) is 8.09. The maximum absolute atomic E-state index is 11.7. The fourth-order valence-corrected chi connectivity index (χ4v) is 3.00. The second-order valence-electron chi connectivity index (χ2n) is 7.70. The average Bonchev–Trinajstić information content (AvgIpc) is 2.68. The maximum Gasteiger partial charge on any atom is 0.434 e. The number of halogens is 1. The molecular weight excluding hydrogens is 416 g/mol. The number of rotatable bonds is 0. The Labute approximate surface area is 184 Å². The van der Waals surface area contributed by atoms with Gasteiger partial charge in [0.25, 0.3) is 0 Å². The highest BCUT2D eigenvalue weighted by Gasteiger charge is 2.16. The van der Waals surface area contributed by atoms with E-state index >= 15 is 0 Å². The summed E-state index contributed by atoms with van der Waals surface area (Å²) in [5, 5.41) is 11.6. The summed E-state index contributed by atoms with van der Waals surface area (Å²) in [7, 11) is 0. The SMILES string of the molecule is CC(C)(C)OC(=O)N=c1cccc2n(O)cccc1-2.Nc1cccc2nc(Cl)ccc12. The molecule has 1 amide bonds. The van der Waals surface area contributed by atoms with E-state index in [1.807, 2.05) is 24.3 Å². The van der Waals surface area contributed by atoms with Crippen LogP contribution in [-0.4, -0.2) is 26.6 Å². The van der Waals surface area contributed by atoms with Crippen LogP contribution in [0.4, 0.5) is 10.5 Å². The lowest BCUT2D eigenvalue weighted by Crippen LogP contribution is -2.23. The fourth-order valence-electron chi connectivity index (χ4n) is 2.85. The number of nitrogen functional groups attached to an aromatic ring is 1. The summed E-state index contributed by atoms with van der Waals surface area (Å²) in [6, 6.07) is 17.8. The molecule has 1 aliphatic carbocycles. The van der Waals surface area contributed by atoms with E-state index in [-0.39, 0.29) is 0 Å². The zero-order valence-electron chi connectivity index (χ0n) is 17.4. The minimum atomic E-state index is -0.645. The standard InChI is InChI=1S/C14H16N2O3.C9H7ClN2/c1-14(2,3)19-13(17)15-11-7-4-8-12-10(11)6-5-9-16(12)18;10-9-5-4-6-7(11)2-1-3-8(6)12-9/h4-9,18H,1-3H3;1-5H,11H2. The normalized spacial score (nSPS) is 11.8. The number of benzene rings is 2. The van der Waals surface area contributed by atoms with Crippen molar-refractivity contribution in [3.8, 4) is 11.3 Å². The van der Waals surface area contributed by atoms with Crippen molar-refractivity contribution in [2.24, 2.45) is 4.99 Å². The minimum Gasteiger partial charge on any atom is -0.442 e. The summed E-state index contributed by atoms with van der Waals surface area (Å²) in [5.41, 5.74) is 7.97. The summed E-state index contributed by atoms with van der Waals surface area (Å²) < 4.78 is 6.14. The number of carbonyl (C=O) groups excluding carboxylic acids is 1. The molecular formula is C23H23ClN4O3. The van der Waals surface area contributed by atoms with Gasteiger partial charge in [0.1, 0.15) is 10.8 Å². The summed E-state index contributed by atoms with van der Waals surface area (Å²) in [6.45, 7) is 5.35. The van der Waals surface area contributed by atoms with Crippen LogP contribution in [0, 0.1) is 0 Å². The van der Waals surface area contributed by atoms with Gasteiger partial charge in [-0.05, 0) is 69.3 Å². The zero-order valence-corrected chi connectivity index (χ0v) is 18.2. The molecule has 3 N–H and O–H groups in total. The molecule has 2 aliphatic rings. The van der Waals surface area contributed by atoms with Crippen LogP contribution in [0.5, 0.6) is 0 Å². The molecule has 0 spiro atoms. The fraction of sp³-hybridized carbons (Fsp3) is 0.174. The predicted octanol–water partition coefficient (Wildman–Crippen LogP) is 5.14. The van der Waals surface area contributed by atoms with E-state index in [4.69, 9.17) is 22.1 Å². The Morgan fingerprint density at radius 1 is 1.10 bits per heavy atom. The van der Waals surface area contributed by atoms with Gasteiger partial charge in [0.2, 0.25) is 0 Å². The molecule has 0 saturated carbocycles. The molecule has 160 valence electrons. The van der Waals surface area contributed by atoms with Crippen molar-refractivity contribution >= 4 is 34.3 Å². The van der Waals surface area contributed by atoms with E-state index in [1.165, 1.54) is 6.20 Å². The Balaban J connectivity index is 0.000000194. The minimum absolute atomic E-state index is 0.468. The summed E-state index contributed by atoms with van der Waals surface area (Å²) >= 11 is 5.72. The number of nitrogens with two attached hydrogens (primary N) is 1. The average molecular weight is 439 g/mol. The highest BCUT2D eigenvalue weighted by molar-refractivity contribution is 6.29. The van der Waals surface area contributed by atoms with Crippen molar-refractivity contribution in [3.63, 3.8) is 0 Å². The number of aromatic nitrogens is 2. The molecule has 1 aromatic heterocycles. The number of carbonyl (C=O) groups is 1. The molecule has 0 saturated heterocycles. The van der Waals surface area contributed by atoms with Gasteiger partial charge in [-0.25, -0.2) is 9.78 Å². The number of fused-ring (bicyclic) bond motifs is 2. The van der Waals surface area contributed by atoms with Crippen LogP contribution in [0.15, 0.2) is 71.9 Å². The van der Waals surface area contributed by atoms with Gasteiger partial charge in [0.15, 0.2) is 0 Å². The van der Waals surface area contributed by atoms with Gasteiger partial charge < -0.3 is 15.7 Å². The van der Waals surface area contributed by atoms with E-state index < -0.39 is 11.7 Å². The maximum atomic E-state index is 11.7. The molecule has 31 heavy (non-hydrogen) atoms. The molecule has 7 nitrogen and oxygen atoms in total. The monoisotopic (exact) mass is 438 g/mol. The van der Waals surface area contributed by atoms with Crippen LogP contribution in [0.3, 0.4) is 0 Å². The van der Waals surface area contributed by atoms with Crippen molar-refractivity contribution in [1.29, 1.82) is 0 Å². The molecule has 0 fully saturated rings. The number of hydrogen-bond acceptors (Lipinski definition) is 5. The smallest absolute Gasteiger partial charge is 0.434 e. The van der Waals surface area contributed by atoms with Gasteiger partial charge in [-0.15, -0.1) is 0 Å². The lowest BCUT2D eigenvalue weighted by Gasteiger charge is -2.17.